The number of sulfonamides is 1. The van der Waals surface area contributed by atoms with Gasteiger partial charge in [0, 0.05) is 14.2 Å². The van der Waals surface area contributed by atoms with Crippen LogP contribution < -0.4 is 10.0 Å². The molecule has 2 rings (SSSR count). The van der Waals surface area contributed by atoms with E-state index in [0.717, 1.165) is 12.3 Å². The van der Waals surface area contributed by atoms with Crippen LogP contribution in [0.25, 0.3) is 0 Å². The number of hydrogen-bond donors (Lipinski definition) is 2. The number of anilines is 2. The van der Waals surface area contributed by atoms with Crippen LogP contribution in [-0.2, 0) is 14.8 Å². The average Bonchev–Trinajstić information content (AvgIpc) is 2.61. The Bertz CT molecular complexity index is 1000. The quantitative estimate of drug-likeness (QED) is 0.720. The molecule has 142 valence electrons. The van der Waals surface area contributed by atoms with Crippen molar-refractivity contribution in [3.05, 3.63) is 47.4 Å². The molecule has 2 N–H and O–H groups in total. The lowest BCUT2D eigenvalue weighted by Gasteiger charge is -2.17. The molecular formula is C17H18FN5O3S. The van der Waals surface area contributed by atoms with E-state index in [2.05, 4.69) is 20.0 Å². The Hall–Kier alpha value is -3.03. The van der Waals surface area contributed by atoms with Crippen molar-refractivity contribution in [2.24, 2.45) is 9.98 Å². The summed E-state index contributed by atoms with van der Waals surface area (Å²) in [6, 6.07) is 5.74. The standard InChI is InChI=1S/C17H18FN5O3S/c1-20-15-7-6-14(12(9-19)17(15)21-10-26-2)22-16-8-11(4-5-13(16)18)23-27(3,24)25/h4-8,22-23H,10H2,1-3H3/b20-15?,21-17-. The molecule has 1 aromatic carbocycles. The Kier molecular flexibility index (Phi) is 6.44. The molecule has 0 heterocycles. The van der Waals surface area contributed by atoms with Crippen LogP contribution in [0.4, 0.5) is 15.8 Å². The third-order valence-electron chi connectivity index (χ3n) is 3.40. The Balaban J connectivity index is 2.46. The molecule has 0 aromatic heterocycles. The molecule has 1 aromatic rings. The van der Waals surface area contributed by atoms with Gasteiger partial charge in [0.1, 0.15) is 29.9 Å². The summed E-state index contributed by atoms with van der Waals surface area (Å²) in [5.41, 5.74) is 1.45. The molecule has 0 fully saturated rings. The summed E-state index contributed by atoms with van der Waals surface area (Å²) in [5.74, 6) is -0.613. The van der Waals surface area contributed by atoms with Crippen molar-refractivity contribution in [2.75, 3.05) is 37.2 Å². The highest BCUT2D eigenvalue weighted by Crippen LogP contribution is 2.25. The summed E-state index contributed by atoms with van der Waals surface area (Å²) < 4.78 is 44.1. The van der Waals surface area contributed by atoms with E-state index in [4.69, 9.17) is 4.74 Å². The van der Waals surface area contributed by atoms with Crippen LogP contribution in [0.3, 0.4) is 0 Å². The van der Waals surface area contributed by atoms with E-state index < -0.39 is 15.8 Å². The molecule has 0 spiro atoms. The molecular weight excluding hydrogens is 373 g/mol. The van der Waals surface area contributed by atoms with Crippen molar-refractivity contribution in [1.29, 1.82) is 5.26 Å². The lowest BCUT2D eigenvalue weighted by molar-refractivity contribution is 0.209. The molecule has 0 saturated heterocycles. The number of allylic oxidation sites excluding steroid dienone is 3. The zero-order valence-corrected chi connectivity index (χ0v) is 15.8. The maximum absolute atomic E-state index is 14.2. The second-order valence-electron chi connectivity index (χ2n) is 5.46. The van der Waals surface area contributed by atoms with E-state index in [0.29, 0.717) is 17.1 Å². The molecule has 0 atom stereocenters. The van der Waals surface area contributed by atoms with Crippen molar-refractivity contribution in [2.45, 2.75) is 0 Å². The van der Waals surface area contributed by atoms with Crippen LogP contribution in [0.1, 0.15) is 0 Å². The Labute approximate surface area is 156 Å². The smallest absolute Gasteiger partial charge is 0.229 e. The molecule has 0 amide bonds. The Morgan fingerprint density at radius 1 is 1.33 bits per heavy atom. The first-order chi connectivity index (χ1) is 12.8. The van der Waals surface area contributed by atoms with Gasteiger partial charge in [-0.15, -0.1) is 0 Å². The number of benzene rings is 1. The summed E-state index contributed by atoms with van der Waals surface area (Å²) in [5, 5.41) is 12.4. The third kappa shape index (κ3) is 5.22. The predicted octanol–water partition coefficient (Wildman–Crippen LogP) is 2.07. The summed E-state index contributed by atoms with van der Waals surface area (Å²) in [7, 11) is -0.479. The number of rotatable bonds is 6. The first kappa shape index (κ1) is 20.3. The monoisotopic (exact) mass is 391 g/mol. The number of hydrogen-bond acceptors (Lipinski definition) is 7. The molecule has 0 saturated carbocycles. The predicted molar refractivity (Wildman–Crippen MR) is 103 cm³/mol. The van der Waals surface area contributed by atoms with E-state index in [-0.39, 0.29) is 23.7 Å². The van der Waals surface area contributed by atoms with Crippen molar-refractivity contribution in [3.8, 4) is 6.07 Å². The van der Waals surface area contributed by atoms with Gasteiger partial charge in [0.15, 0.2) is 0 Å². The highest BCUT2D eigenvalue weighted by Gasteiger charge is 2.21. The number of nitrogens with one attached hydrogen (secondary N) is 2. The molecule has 1 aliphatic rings. The van der Waals surface area contributed by atoms with Gasteiger partial charge in [0.2, 0.25) is 10.0 Å². The molecule has 10 heteroatoms. The van der Waals surface area contributed by atoms with Crippen molar-refractivity contribution in [1.82, 2.24) is 0 Å². The number of nitriles is 1. The van der Waals surface area contributed by atoms with Crippen LogP contribution in [0.15, 0.2) is 51.6 Å². The summed E-state index contributed by atoms with van der Waals surface area (Å²) >= 11 is 0. The molecule has 0 aliphatic heterocycles. The summed E-state index contributed by atoms with van der Waals surface area (Å²) in [4.78, 5) is 8.27. The van der Waals surface area contributed by atoms with Gasteiger partial charge in [-0.2, -0.15) is 5.26 Å². The lowest BCUT2D eigenvalue weighted by atomic mass is 9.98. The normalized spacial score (nSPS) is 17.3. The van der Waals surface area contributed by atoms with E-state index in [1.54, 1.807) is 19.2 Å². The fraction of sp³-hybridized carbons (Fsp3) is 0.235. The van der Waals surface area contributed by atoms with Gasteiger partial charge >= 0.3 is 0 Å². The number of aliphatic imine (C=N–C) groups is 2. The maximum atomic E-state index is 14.2. The summed E-state index contributed by atoms with van der Waals surface area (Å²) in [6.07, 6.45) is 4.20. The average molecular weight is 391 g/mol. The zero-order chi connectivity index (χ0) is 20.0. The highest BCUT2D eigenvalue weighted by molar-refractivity contribution is 7.92. The minimum Gasteiger partial charge on any atom is -0.363 e. The van der Waals surface area contributed by atoms with E-state index in [9.17, 15) is 18.1 Å². The number of nitrogens with zero attached hydrogens (tertiary/aromatic N) is 3. The largest absolute Gasteiger partial charge is 0.363 e. The van der Waals surface area contributed by atoms with Crippen molar-refractivity contribution >= 4 is 32.8 Å². The first-order valence-corrected chi connectivity index (χ1v) is 9.56. The Morgan fingerprint density at radius 2 is 2.07 bits per heavy atom. The van der Waals surface area contributed by atoms with Crippen LogP contribution in [0.2, 0.25) is 0 Å². The molecule has 0 unspecified atom stereocenters. The highest BCUT2D eigenvalue weighted by atomic mass is 32.2. The first-order valence-electron chi connectivity index (χ1n) is 7.66. The van der Waals surface area contributed by atoms with Gasteiger partial charge in [-0.05, 0) is 30.4 Å². The maximum Gasteiger partial charge on any atom is 0.229 e. The van der Waals surface area contributed by atoms with Gasteiger partial charge in [0.05, 0.1) is 29.0 Å². The number of ether oxygens (including phenoxy) is 1. The second kappa shape index (κ2) is 8.57. The second-order valence-corrected chi connectivity index (χ2v) is 7.21. The van der Waals surface area contributed by atoms with E-state index in [1.807, 2.05) is 6.07 Å². The molecule has 1 aliphatic carbocycles. The SMILES string of the molecule is CN=C1C=CC(Nc2cc(NS(C)(=O)=O)ccc2F)=C(C#N)/C1=N/COC. The Morgan fingerprint density at radius 3 is 2.67 bits per heavy atom. The minimum absolute atomic E-state index is 0.000899. The fourth-order valence-corrected chi connectivity index (χ4v) is 2.87. The zero-order valence-electron chi connectivity index (χ0n) is 14.9. The van der Waals surface area contributed by atoms with Crippen molar-refractivity contribution in [3.63, 3.8) is 0 Å². The minimum atomic E-state index is -3.51. The molecule has 0 radical (unpaired) electrons. The van der Waals surface area contributed by atoms with Crippen LogP contribution in [0, 0.1) is 17.1 Å². The van der Waals surface area contributed by atoms with Gasteiger partial charge in [-0.3, -0.25) is 14.7 Å². The summed E-state index contributed by atoms with van der Waals surface area (Å²) in [6.45, 7) is 0.0305. The van der Waals surface area contributed by atoms with Gasteiger partial charge in [-0.1, -0.05) is 0 Å². The van der Waals surface area contributed by atoms with E-state index >= 15 is 0 Å². The van der Waals surface area contributed by atoms with Crippen LogP contribution in [0.5, 0.6) is 0 Å². The number of methoxy groups -OCH3 is 1. The lowest BCUT2D eigenvalue weighted by Crippen LogP contribution is -2.22. The van der Waals surface area contributed by atoms with Gasteiger partial charge in [-0.25, -0.2) is 12.8 Å². The van der Waals surface area contributed by atoms with Gasteiger partial charge < -0.3 is 10.1 Å². The molecule has 0 bridgehead atoms. The third-order valence-corrected chi connectivity index (χ3v) is 4.01. The fourth-order valence-electron chi connectivity index (χ4n) is 2.31. The van der Waals surface area contributed by atoms with Gasteiger partial charge in [0.25, 0.3) is 0 Å². The molecule has 27 heavy (non-hydrogen) atoms. The number of halogens is 1. The van der Waals surface area contributed by atoms with E-state index in [1.165, 1.54) is 19.2 Å². The topological polar surface area (TPSA) is 116 Å². The van der Waals surface area contributed by atoms with Crippen molar-refractivity contribution < 1.29 is 17.5 Å². The molecule has 8 nitrogen and oxygen atoms in total. The van der Waals surface area contributed by atoms with Crippen LogP contribution in [-0.4, -0.2) is 47.0 Å². The van der Waals surface area contributed by atoms with Crippen LogP contribution >= 0.6 is 0 Å².